The number of carbonyl (C=O) groups excluding carboxylic acids is 1. The number of hydrogen-bond donors (Lipinski definition) is 1. The van der Waals surface area contributed by atoms with E-state index in [2.05, 4.69) is 15.4 Å². The van der Waals surface area contributed by atoms with E-state index in [1.54, 1.807) is 6.07 Å². The molecule has 1 saturated heterocycles. The first-order chi connectivity index (χ1) is 14.5. The average Bonchev–Trinajstić information content (AvgIpc) is 3.42. The number of aromatic nitrogens is 1. The molecule has 1 aliphatic rings. The zero-order chi connectivity index (χ0) is 21.1. The molecule has 7 heteroatoms. The van der Waals surface area contributed by atoms with Gasteiger partial charge in [0.1, 0.15) is 11.6 Å². The molecule has 2 aromatic carbocycles. The van der Waals surface area contributed by atoms with Crippen LogP contribution in [0.25, 0.3) is 11.3 Å². The van der Waals surface area contributed by atoms with Gasteiger partial charge in [0.15, 0.2) is 11.5 Å². The maximum Gasteiger partial charge on any atom is 0.273 e. The van der Waals surface area contributed by atoms with Gasteiger partial charge in [-0.15, -0.1) is 0 Å². The SMILES string of the molecule is Cc1ccc(-c2cc(C(=O)NCC(c3ccc(F)cc3F)N3CCCC3)no2)cc1. The monoisotopic (exact) mass is 411 g/mol. The minimum absolute atomic E-state index is 0.158. The van der Waals surface area contributed by atoms with E-state index in [4.69, 9.17) is 4.52 Å². The smallest absolute Gasteiger partial charge is 0.273 e. The Morgan fingerprint density at radius 2 is 1.87 bits per heavy atom. The maximum absolute atomic E-state index is 14.4. The van der Waals surface area contributed by atoms with Crippen molar-refractivity contribution in [1.82, 2.24) is 15.4 Å². The third kappa shape index (κ3) is 4.41. The van der Waals surface area contributed by atoms with Crippen LogP contribution in [0.4, 0.5) is 8.78 Å². The first-order valence-corrected chi connectivity index (χ1v) is 10.0. The zero-order valence-corrected chi connectivity index (χ0v) is 16.7. The van der Waals surface area contributed by atoms with Gasteiger partial charge in [-0.2, -0.15) is 0 Å². The highest BCUT2D eigenvalue weighted by molar-refractivity contribution is 5.93. The van der Waals surface area contributed by atoms with Gasteiger partial charge in [0.05, 0.1) is 6.04 Å². The number of amides is 1. The fourth-order valence-electron chi connectivity index (χ4n) is 3.78. The molecule has 0 radical (unpaired) electrons. The van der Waals surface area contributed by atoms with Crippen molar-refractivity contribution in [3.63, 3.8) is 0 Å². The zero-order valence-electron chi connectivity index (χ0n) is 16.7. The summed E-state index contributed by atoms with van der Waals surface area (Å²) in [6.07, 6.45) is 2.02. The maximum atomic E-state index is 14.4. The predicted molar refractivity (Wildman–Crippen MR) is 109 cm³/mol. The van der Waals surface area contributed by atoms with Gasteiger partial charge in [-0.3, -0.25) is 9.69 Å². The summed E-state index contributed by atoms with van der Waals surface area (Å²) in [5, 5.41) is 6.69. The van der Waals surface area contributed by atoms with Crippen molar-refractivity contribution < 1.29 is 18.1 Å². The summed E-state index contributed by atoms with van der Waals surface area (Å²) < 4.78 is 33.1. The molecular weight excluding hydrogens is 388 g/mol. The number of carbonyl (C=O) groups is 1. The molecule has 1 N–H and O–H groups in total. The first kappa shape index (κ1) is 20.2. The lowest BCUT2D eigenvalue weighted by atomic mass is 10.0. The Labute approximate surface area is 173 Å². The molecule has 0 saturated carbocycles. The van der Waals surface area contributed by atoms with Crippen LogP contribution in [0.5, 0.6) is 0 Å². The van der Waals surface area contributed by atoms with Crippen LogP contribution < -0.4 is 5.32 Å². The van der Waals surface area contributed by atoms with Crippen molar-refractivity contribution in [2.24, 2.45) is 0 Å². The van der Waals surface area contributed by atoms with Crippen LogP contribution in [0.2, 0.25) is 0 Å². The van der Waals surface area contributed by atoms with Crippen LogP contribution >= 0.6 is 0 Å². The van der Waals surface area contributed by atoms with Crippen LogP contribution in [-0.2, 0) is 0 Å². The van der Waals surface area contributed by atoms with Crippen molar-refractivity contribution in [3.05, 3.63) is 77.0 Å². The van der Waals surface area contributed by atoms with Gasteiger partial charge in [0, 0.05) is 29.8 Å². The lowest BCUT2D eigenvalue weighted by Gasteiger charge is -2.28. The number of aryl methyl sites for hydroxylation is 1. The summed E-state index contributed by atoms with van der Waals surface area (Å²) in [4.78, 5) is 14.7. The number of nitrogens with one attached hydrogen (secondary N) is 1. The highest BCUT2D eigenvalue weighted by Gasteiger charge is 2.27. The molecule has 1 atom stereocenters. The molecule has 0 aliphatic carbocycles. The average molecular weight is 411 g/mol. The number of nitrogens with zero attached hydrogens (tertiary/aromatic N) is 2. The summed E-state index contributed by atoms with van der Waals surface area (Å²) in [7, 11) is 0. The van der Waals surface area contributed by atoms with Gasteiger partial charge in [-0.05, 0) is 38.9 Å². The number of benzene rings is 2. The molecule has 3 aromatic rings. The Morgan fingerprint density at radius 3 is 2.57 bits per heavy atom. The summed E-state index contributed by atoms with van der Waals surface area (Å²) in [6, 6.07) is 12.5. The first-order valence-electron chi connectivity index (χ1n) is 10.0. The van der Waals surface area contributed by atoms with Gasteiger partial charge in [0.25, 0.3) is 5.91 Å². The van der Waals surface area contributed by atoms with E-state index in [1.807, 2.05) is 31.2 Å². The summed E-state index contributed by atoms with van der Waals surface area (Å²) in [5.41, 5.74) is 2.48. The second-order valence-electron chi connectivity index (χ2n) is 7.58. The van der Waals surface area contributed by atoms with Crippen molar-refractivity contribution in [3.8, 4) is 11.3 Å². The standard InChI is InChI=1S/C23H23F2N3O2/c1-15-4-6-16(7-5-15)22-13-20(27-30-22)23(29)26-14-21(28-10-2-3-11-28)18-9-8-17(24)12-19(18)25/h4-9,12-13,21H,2-3,10-11,14H2,1H3,(H,26,29). The third-order valence-electron chi connectivity index (χ3n) is 5.44. The third-order valence-corrected chi connectivity index (χ3v) is 5.44. The topological polar surface area (TPSA) is 58.4 Å². The van der Waals surface area contributed by atoms with Crippen LogP contribution in [-0.4, -0.2) is 35.6 Å². The lowest BCUT2D eigenvalue weighted by molar-refractivity contribution is 0.0928. The summed E-state index contributed by atoms with van der Waals surface area (Å²) in [5.74, 6) is -1.12. The van der Waals surface area contributed by atoms with Gasteiger partial charge in [-0.25, -0.2) is 8.78 Å². The Balaban J connectivity index is 1.48. The van der Waals surface area contributed by atoms with E-state index in [0.29, 0.717) is 11.3 Å². The second-order valence-corrected chi connectivity index (χ2v) is 7.58. The van der Waals surface area contributed by atoms with E-state index in [-0.39, 0.29) is 18.3 Å². The van der Waals surface area contributed by atoms with Crippen molar-refractivity contribution in [1.29, 1.82) is 0 Å². The highest BCUT2D eigenvalue weighted by Crippen LogP contribution is 2.27. The van der Waals surface area contributed by atoms with E-state index >= 15 is 0 Å². The minimum Gasteiger partial charge on any atom is -0.355 e. The fourth-order valence-corrected chi connectivity index (χ4v) is 3.78. The van der Waals surface area contributed by atoms with E-state index < -0.39 is 17.5 Å². The molecule has 1 unspecified atom stereocenters. The number of hydrogen-bond acceptors (Lipinski definition) is 4. The Kier molecular flexibility index (Phi) is 5.90. The van der Waals surface area contributed by atoms with Crippen molar-refractivity contribution in [2.45, 2.75) is 25.8 Å². The van der Waals surface area contributed by atoms with Crippen LogP contribution in [0.3, 0.4) is 0 Å². The number of rotatable bonds is 6. The molecule has 4 rings (SSSR count). The van der Waals surface area contributed by atoms with Gasteiger partial charge in [0.2, 0.25) is 0 Å². The quantitative estimate of drug-likeness (QED) is 0.649. The van der Waals surface area contributed by atoms with Crippen molar-refractivity contribution in [2.75, 3.05) is 19.6 Å². The molecule has 0 spiro atoms. The lowest BCUT2D eigenvalue weighted by Crippen LogP contribution is -2.37. The van der Waals surface area contributed by atoms with Gasteiger partial charge in [-0.1, -0.05) is 41.1 Å². The molecule has 0 bridgehead atoms. The molecule has 1 amide bonds. The molecule has 2 heterocycles. The molecule has 30 heavy (non-hydrogen) atoms. The molecule has 1 fully saturated rings. The molecule has 156 valence electrons. The second kappa shape index (κ2) is 8.75. The van der Waals surface area contributed by atoms with E-state index in [9.17, 15) is 13.6 Å². The predicted octanol–water partition coefficient (Wildman–Crippen LogP) is 4.50. The largest absolute Gasteiger partial charge is 0.355 e. The van der Waals surface area contributed by atoms with Crippen molar-refractivity contribution >= 4 is 5.91 Å². The fraction of sp³-hybridized carbons (Fsp3) is 0.304. The molecule has 1 aromatic heterocycles. The highest BCUT2D eigenvalue weighted by atomic mass is 19.1. The van der Waals surface area contributed by atoms with E-state index in [0.717, 1.165) is 43.1 Å². The Hall–Kier alpha value is -3.06. The Bertz CT molecular complexity index is 1030. The Morgan fingerprint density at radius 1 is 1.13 bits per heavy atom. The summed E-state index contributed by atoms with van der Waals surface area (Å²) in [6.45, 7) is 3.79. The summed E-state index contributed by atoms with van der Waals surface area (Å²) >= 11 is 0. The molecule has 5 nitrogen and oxygen atoms in total. The van der Waals surface area contributed by atoms with Gasteiger partial charge < -0.3 is 9.84 Å². The number of halogens is 2. The normalized spacial score (nSPS) is 15.3. The van der Waals surface area contributed by atoms with Gasteiger partial charge >= 0.3 is 0 Å². The number of likely N-dealkylation sites (tertiary alicyclic amines) is 1. The molecular formula is C23H23F2N3O2. The van der Waals surface area contributed by atoms with E-state index in [1.165, 1.54) is 12.1 Å². The van der Waals surface area contributed by atoms with Crippen LogP contribution in [0.15, 0.2) is 53.1 Å². The van der Waals surface area contributed by atoms with Crippen LogP contribution in [0, 0.1) is 18.6 Å². The minimum atomic E-state index is -0.619. The molecule has 1 aliphatic heterocycles. The van der Waals surface area contributed by atoms with Crippen LogP contribution in [0.1, 0.15) is 40.5 Å².